The summed E-state index contributed by atoms with van der Waals surface area (Å²) in [6.07, 6.45) is 6.88. The highest BCUT2D eigenvalue weighted by molar-refractivity contribution is 5.94. The Morgan fingerprint density at radius 3 is 2.94 bits per heavy atom. The molecule has 1 N–H and O–H groups in total. The van der Waals surface area contributed by atoms with Crippen LogP contribution in [0.3, 0.4) is 0 Å². The lowest BCUT2D eigenvalue weighted by Crippen LogP contribution is -2.21. The highest BCUT2D eigenvalue weighted by Gasteiger charge is 2.12. The van der Waals surface area contributed by atoms with Crippen molar-refractivity contribution >= 4 is 16.5 Å². The van der Waals surface area contributed by atoms with E-state index in [0.29, 0.717) is 0 Å². The number of hydrogen-bond acceptors (Lipinski definition) is 1. The molecule has 1 aromatic carbocycles. The number of fused-ring (bicyclic) bond motifs is 1. The molecule has 2 nitrogen and oxygen atoms in total. The monoisotopic (exact) mass is 240 g/mol. The molecule has 1 aromatic heterocycles. The van der Waals surface area contributed by atoms with Gasteiger partial charge in [0, 0.05) is 36.3 Å². The molecule has 0 spiro atoms. The fourth-order valence-corrected chi connectivity index (χ4v) is 2.76. The minimum atomic E-state index is 0.996. The van der Waals surface area contributed by atoms with E-state index < -0.39 is 0 Å². The molecule has 0 saturated heterocycles. The van der Waals surface area contributed by atoms with Gasteiger partial charge < -0.3 is 9.88 Å². The van der Waals surface area contributed by atoms with Crippen molar-refractivity contribution in [2.45, 2.75) is 19.8 Å². The molecule has 18 heavy (non-hydrogen) atoms. The predicted molar refractivity (Wildman–Crippen MR) is 77.8 cm³/mol. The van der Waals surface area contributed by atoms with Crippen LogP contribution in [0.2, 0.25) is 0 Å². The largest absolute Gasteiger partial charge is 0.350 e. The number of nitrogens with one attached hydrogen (secondary N) is 1. The number of aryl methyl sites for hydroxylation is 2. The third-order valence-corrected chi connectivity index (χ3v) is 3.84. The Morgan fingerprint density at radius 1 is 1.33 bits per heavy atom. The van der Waals surface area contributed by atoms with E-state index in [1.165, 1.54) is 27.6 Å². The number of nitrogens with zero attached hydrogens (tertiary/aromatic N) is 1. The molecule has 0 saturated carbocycles. The smallest absolute Gasteiger partial charge is 0.0484 e. The van der Waals surface area contributed by atoms with E-state index in [1.54, 1.807) is 0 Å². The van der Waals surface area contributed by atoms with Crippen LogP contribution < -0.4 is 5.32 Å². The third kappa shape index (κ3) is 1.87. The van der Waals surface area contributed by atoms with E-state index in [4.69, 9.17) is 0 Å². The van der Waals surface area contributed by atoms with Gasteiger partial charge in [0.05, 0.1) is 0 Å². The first kappa shape index (κ1) is 11.5. The third-order valence-electron chi connectivity index (χ3n) is 3.84. The van der Waals surface area contributed by atoms with Crippen LogP contribution in [0, 0.1) is 0 Å². The maximum atomic E-state index is 3.46. The van der Waals surface area contributed by atoms with E-state index in [9.17, 15) is 0 Å². The van der Waals surface area contributed by atoms with Crippen molar-refractivity contribution in [2.24, 2.45) is 7.05 Å². The summed E-state index contributed by atoms with van der Waals surface area (Å²) in [6.45, 7) is 4.31. The molecule has 0 bridgehead atoms. The molecule has 0 amide bonds. The molecular formula is C16H20N2. The fourth-order valence-electron chi connectivity index (χ4n) is 2.76. The lowest BCUT2D eigenvalue weighted by molar-refractivity contribution is 0.739. The van der Waals surface area contributed by atoms with Crippen LogP contribution in [0.4, 0.5) is 0 Å². The van der Waals surface area contributed by atoms with Gasteiger partial charge >= 0.3 is 0 Å². The van der Waals surface area contributed by atoms with Gasteiger partial charge in [0.1, 0.15) is 0 Å². The number of hydrogen-bond donors (Lipinski definition) is 1. The first-order chi connectivity index (χ1) is 8.79. The zero-order chi connectivity index (χ0) is 12.5. The Bertz CT molecular complexity index is 605. The van der Waals surface area contributed by atoms with Gasteiger partial charge in [-0.25, -0.2) is 0 Å². The van der Waals surface area contributed by atoms with E-state index in [1.807, 2.05) is 0 Å². The van der Waals surface area contributed by atoms with E-state index in [2.05, 4.69) is 54.3 Å². The Balaban J connectivity index is 2.18. The van der Waals surface area contributed by atoms with E-state index in [-0.39, 0.29) is 0 Å². The molecule has 0 aliphatic carbocycles. The summed E-state index contributed by atoms with van der Waals surface area (Å²) >= 11 is 0. The highest BCUT2D eigenvalue weighted by atomic mass is 14.9. The zero-order valence-corrected chi connectivity index (χ0v) is 11.2. The van der Waals surface area contributed by atoms with Crippen molar-refractivity contribution in [3.63, 3.8) is 0 Å². The molecule has 0 fully saturated rings. The molecule has 2 aromatic rings. The van der Waals surface area contributed by atoms with Gasteiger partial charge in [0.15, 0.2) is 0 Å². The molecule has 3 rings (SSSR count). The molecule has 94 valence electrons. The maximum absolute atomic E-state index is 3.46. The quantitative estimate of drug-likeness (QED) is 0.853. The van der Waals surface area contributed by atoms with Gasteiger partial charge in [0.2, 0.25) is 0 Å². The molecule has 0 atom stereocenters. The van der Waals surface area contributed by atoms with E-state index >= 15 is 0 Å². The predicted octanol–water partition coefficient (Wildman–Crippen LogP) is 3.12. The summed E-state index contributed by atoms with van der Waals surface area (Å²) in [5.41, 5.74) is 5.59. The number of rotatable bonds is 2. The van der Waals surface area contributed by atoms with Crippen molar-refractivity contribution in [3.05, 3.63) is 41.6 Å². The van der Waals surface area contributed by atoms with Gasteiger partial charge in [-0.15, -0.1) is 0 Å². The van der Waals surface area contributed by atoms with E-state index in [0.717, 1.165) is 25.9 Å². The molecule has 1 aliphatic rings. The normalized spacial score (nSPS) is 16.0. The summed E-state index contributed by atoms with van der Waals surface area (Å²) < 4.78 is 2.24. The minimum absolute atomic E-state index is 0.996. The second-order valence-corrected chi connectivity index (χ2v) is 5.05. The van der Waals surface area contributed by atoms with Crippen LogP contribution in [-0.2, 0) is 13.5 Å². The van der Waals surface area contributed by atoms with Crippen LogP contribution in [0.5, 0.6) is 0 Å². The summed E-state index contributed by atoms with van der Waals surface area (Å²) in [5, 5.41) is 4.85. The summed E-state index contributed by atoms with van der Waals surface area (Å²) in [6, 6.07) is 6.83. The number of benzene rings is 1. The molecular weight excluding hydrogens is 220 g/mol. The highest BCUT2D eigenvalue weighted by Crippen LogP contribution is 2.28. The second kappa shape index (κ2) is 4.62. The summed E-state index contributed by atoms with van der Waals surface area (Å²) in [5.74, 6) is 0. The first-order valence-corrected chi connectivity index (χ1v) is 6.77. The summed E-state index contributed by atoms with van der Waals surface area (Å²) in [7, 11) is 2.13. The second-order valence-electron chi connectivity index (χ2n) is 5.05. The maximum Gasteiger partial charge on any atom is 0.0484 e. The Hall–Kier alpha value is -1.54. The van der Waals surface area contributed by atoms with Crippen LogP contribution >= 0.6 is 0 Å². The lowest BCUT2D eigenvalue weighted by atomic mass is 10.00. The molecule has 0 radical (unpaired) electrons. The van der Waals surface area contributed by atoms with Gasteiger partial charge in [0.25, 0.3) is 0 Å². The summed E-state index contributed by atoms with van der Waals surface area (Å²) in [4.78, 5) is 0. The Kier molecular flexibility index (Phi) is 2.96. The van der Waals surface area contributed by atoms with Crippen molar-refractivity contribution in [2.75, 3.05) is 13.1 Å². The Labute approximate surface area is 108 Å². The average molecular weight is 240 g/mol. The number of aromatic nitrogens is 1. The van der Waals surface area contributed by atoms with Crippen molar-refractivity contribution < 1.29 is 0 Å². The van der Waals surface area contributed by atoms with Crippen LogP contribution in [0.25, 0.3) is 16.5 Å². The standard InChI is InChI=1S/C16H20N2/c1-3-12-6-7-16-14(9-12)15(11-18(16)2)13-5-4-8-17-10-13/h5-7,9,11,17H,3-4,8,10H2,1-2H3. The van der Waals surface area contributed by atoms with Crippen LogP contribution in [0.15, 0.2) is 30.5 Å². The average Bonchev–Trinajstić information content (AvgIpc) is 2.76. The van der Waals surface area contributed by atoms with Gasteiger partial charge in [-0.3, -0.25) is 0 Å². The van der Waals surface area contributed by atoms with Gasteiger partial charge in [-0.05, 0) is 42.7 Å². The van der Waals surface area contributed by atoms with Crippen LogP contribution in [-0.4, -0.2) is 17.7 Å². The topological polar surface area (TPSA) is 17.0 Å². The fraction of sp³-hybridized carbons (Fsp3) is 0.375. The lowest BCUT2D eigenvalue weighted by Gasteiger charge is -2.13. The van der Waals surface area contributed by atoms with Gasteiger partial charge in [-0.1, -0.05) is 19.1 Å². The zero-order valence-electron chi connectivity index (χ0n) is 11.2. The SMILES string of the molecule is CCc1ccc2c(c1)c(C1=CCCNC1)cn2C. The van der Waals surface area contributed by atoms with Crippen molar-refractivity contribution in [1.82, 2.24) is 9.88 Å². The minimum Gasteiger partial charge on any atom is -0.350 e. The van der Waals surface area contributed by atoms with Crippen molar-refractivity contribution in [3.8, 4) is 0 Å². The molecule has 2 heteroatoms. The van der Waals surface area contributed by atoms with Crippen LogP contribution in [0.1, 0.15) is 24.5 Å². The molecule has 0 unspecified atom stereocenters. The molecule has 1 aliphatic heterocycles. The molecule has 2 heterocycles. The van der Waals surface area contributed by atoms with Crippen molar-refractivity contribution in [1.29, 1.82) is 0 Å². The van der Waals surface area contributed by atoms with Gasteiger partial charge in [-0.2, -0.15) is 0 Å². The Morgan fingerprint density at radius 2 is 2.22 bits per heavy atom. The first-order valence-electron chi connectivity index (χ1n) is 6.77.